The number of carbonyl (C=O) groups excluding carboxylic acids is 1. The molecule has 17 heavy (non-hydrogen) atoms. The molecule has 2 aliphatic carbocycles. The molecule has 4 nitrogen and oxygen atoms in total. The highest BCUT2D eigenvalue weighted by molar-refractivity contribution is 5.86. The van der Waals surface area contributed by atoms with Gasteiger partial charge in [0.25, 0.3) is 0 Å². The number of aliphatic carboxylic acids is 1. The van der Waals surface area contributed by atoms with E-state index in [1.165, 1.54) is 12.8 Å². The third-order valence-corrected chi connectivity index (χ3v) is 3.89. The van der Waals surface area contributed by atoms with Gasteiger partial charge in [0.2, 0.25) is 5.91 Å². The Morgan fingerprint density at radius 1 is 1.18 bits per heavy atom. The minimum Gasteiger partial charge on any atom is -0.481 e. The molecule has 0 bridgehead atoms. The number of nitrogens with zero attached hydrogens (tertiary/aromatic N) is 1. The highest BCUT2D eigenvalue weighted by atomic mass is 16.4. The van der Waals surface area contributed by atoms with Gasteiger partial charge in [-0.25, -0.2) is 0 Å². The van der Waals surface area contributed by atoms with E-state index in [-0.39, 0.29) is 11.8 Å². The van der Waals surface area contributed by atoms with Crippen LogP contribution >= 0.6 is 0 Å². The van der Waals surface area contributed by atoms with Crippen LogP contribution in [-0.2, 0) is 9.59 Å². The summed E-state index contributed by atoms with van der Waals surface area (Å²) < 4.78 is 0. The van der Waals surface area contributed by atoms with Crippen molar-refractivity contribution in [1.82, 2.24) is 4.90 Å². The highest BCUT2D eigenvalue weighted by Crippen LogP contribution is 2.37. The fourth-order valence-corrected chi connectivity index (χ4v) is 2.50. The number of hydrogen-bond donors (Lipinski definition) is 1. The van der Waals surface area contributed by atoms with Crippen molar-refractivity contribution in [3.8, 4) is 0 Å². The first-order valence-corrected chi connectivity index (χ1v) is 6.65. The van der Waals surface area contributed by atoms with Crippen molar-refractivity contribution in [2.45, 2.75) is 39.0 Å². The lowest BCUT2D eigenvalue weighted by atomic mass is 9.73. The first-order valence-electron chi connectivity index (χ1n) is 6.65. The standard InChI is InChI=1S/C13H21NO3/c1-2-7-14(8-9-3-4-9)12(15)10-5-6-11(10)13(16)17/h9-11H,2-8H2,1H3,(H,16,17). The summed E-state index contributed by atoms with van der Waals surface area (Å²) in [5, 5.41) is 8.99. The number of carboxylic acids is 1. The second-order valence-corrected chi connectivity index (χ2v) is 5.36. The second kappa shape index (κ2) is 5.07. The van der Waals surface area contributed by atoms with Crippen LogP contribution in [-0.4, -0.2) is 35.0 Å². The van der Waals surface area contributed by atoms with Crippen LogP contribution in [0.1, 0.15) is 39.0 Å². The topological polar surface area (TPSA) is 57.6 Å². The maximum atomic E-state index is 12.3. The quantitative estimate of drug-likeness (QED) is 0.768. The van der Waals surface area contributed by atoms with Crippen LogP contribution in [0.3, 0.4) is 0 Å². The molecule has 0 radical (unpaired) electrons. The van der Waals surface area contributed by atoms with Crippen LogP contribution in [0, 0.1) is 17.8 Å². The highest BCUT2D eigenvalue weighted by Gasteiger charge is 2.43. The van der Waals surface area contributed by atoms with E-state index in [1.807, 2.05) is 4.90 Å². The summed E-state index contributed by atoms with van der Waals surface area (Å²) in [5.41, 5.74) is 0. The van der Waals surface area contributed by atoms with E-state index in [4.69, 9.17) is 5.11 Å². The zero-order valence-corrected chi connectivity index (χ0v) is 10.4. The molecule has 0 aromatic rings. The second-order valence-electron chi connectivity index (χ2n) is 5.36. The van der Waals surface area contributed by atoms with Gasteiger partial charge in [-0.05, 0) is 38.0 Å². The SMILES string of the molecule is CCCN(CC1CC1)C(=O)C1CCC1C(=O)O. The summed E-state index contributed by atoms with van der Waals surface area (Å²) in [7, 11) is 0. The molecule has 0 spiro atoms. The number of carbonyl (C=O) groups is 2. The molecule has 4 heteroatoms. The van der Waals surface area contributed by atoms with Crippen molar-refractivity contribution in [2.75, 3.05) is 13.1 Å². The number of carboxylic acid groups (broad SMARTS) is 1. The minimum atomic E-state index is -0.808. The molecule has 2 atom stereocenters. The Balaban J connectivity index is 1.92. The lowest BCUT2D eigenvalue weighted by Crippen LogP contribution is -2.47. The smallest absolute Gasteiger partial charge is 0.307 e. The van der Waals surface area contributed by atoms with Crippen LogP contribution < -0.4 is 0 Å². The average Bonchev–Trinajstić information content (AvgIpc) is 2.98. The lowest BCUT2D eigenvalue weighted by molar-refractivity contribution is -0.156. The molecule has 0 aromatic carbocycles. The molecule has 2 fully saturated rings. The number of amides is 1. The van der Waals surface area contributed by atoms with Crippen LogP contribution in [0.15, 0.2) is 0 Å². The van der Waals surface area contributed by atoms with Gasteiger partial charge in [0.15, 0.2) is 0 Å². The van der Waals surface area contributed by atoms with Gasteiger partial charge in [-0.3, -0.25) is 9.59 Å². The van der Waals surface area contributed by atoms with Crippen LogP contribution in [0.5, 0.6) is 0 Å². The van der Waals surface area contributed by atoms with Gasteiger partial charge in [-0.1, -0.05) is 6.92 Å². The van der Waals surface area contributed by atoms with Gasteiger partial charge >= 0.3 is 5.97 Å². The minimum absolute atomic E-state index is 0.0809. The Kier molecular flexibility index (Phi) is 3.69. The van der Waals surface area contributed by atoms with Crippen molar-refractivity contribution in [1.29, 1.82) is 0 Å². The van der Waals surface area contributed by atoms with Crippen LogP contribution in [0.25, 0.3) is 0 Å². The van der Waals surface area contributed by atoms with Gasteiger partial charge in [-0.15, -0.1) is 0 Å². The van der Waals surface area contributed by atoms with E-state index >= 15 is 0 Å². The Morgan fingerprint density at radius 2 is 1.82 bits per heavy atom. The number of hydrogen-bond acceptors (Lipinski definition) is 2. The summed E-state index contributed by atoms with van der Waals surface area (Å²) in [6, 6.07) is 0. The largest absolute Gasteiger partial charge is 0.481 e. The summed E-state index contributed by atoms with van der Waals surface area (Å²) in [6.07, 6.45) is 4.81. The van der Waals surface area contributed by atoms with Gasteiger partial charge in [0.1, 0.15) is 0 Å². The monoisotopic (exact) mass is 239 g/mol. The van der Waals surface area contributed by atoms with E-state index in [9.17, 15) is 9.59 Å². The molecule has 96 valence electrons. The summed E-state index contributed by atoms with van der Waals surface area (Å²) in [6.45, 7) is 3.68. The molecule has 0 saturated heterocycles. The van der Waals surface area contributed by atoms with Crippen LogP contribution in [0.4, 0.5) is 0 Å². The maximum absolute atomic E-state index is 12.3. The Hall–Kier alpha value is -1.06. The van der Waals surface area contributed by atoms with Crippen molar-refractivity contribution in [3.05, 3.63) is 0 Å². The van der Waals surface area contributed by atoms with Crippen LogP contribution in [0.2, 0.25) is 0 Å². The van der Waals surface area contributed by atoms with E-state index in [0.29, 0.717) is 12.3 Å². The Labute approximate surface area is 102 Å². The molecule has 2 aliphatic rings. The molecule has 2 unspecified atom stereocenters. The maximum Gasteiger partial charge on any atom is 0.307 e. The zero-order chi connectivity index (χ0) is 12.4. The molecule has 2 rings (SSSR count). The molecule has 0 aliphatic heterocycles. The van der Waals surface area contributed by atoms with Gasteiger partial charge in [0.05, 0.1) is 11.8 Å². The summed E-state index contributed by atoms with van der Waals surface area (Å²) in [5.74, 6) is -0.734. The summed E-state index contributed by atoms with van der Waals surface area (Å²) >= 11 is 0. The van der Waals surface area contributed by atoms with Crippen molar-refractivity contribution >= 4 is 11.9 Å². The first kappa shape index (κ1) is 12.4. The number of rotatable bonds is 6. The predicted molar refractivity (Wildman–Crippen MR) is 63.4 cm³/mol. The average molecular weight is 239 g/mol. The molecule has 1 amide bonds. The summed E-state index contributed by atoms with van der Waals surface area (Å²) in [4.78, 5) is 25.1. The molecular weight excluding hydrogens is 218 g/mol. The van der Waals surface area contributed by atoms with E-state index < -0.39 is 11.9 Å². The molecule has 2 saturated carbocycles. The molecule has 0 aromatic heterocycles. The van der Waals surface area contributed by atoms with E-state index in [1.54, 1.807) is 0 Å². The van der Waals surface area contributed by atoms with Gasteiger partial charge < -0.3 is 10.0 Å². The third-order valence-electron chi connectivity index (χ3n) is 3.89. The fourth-order valence-electron chi connectivity index (χ4n) is 2.50. The Bertz CT molecular complexity index is 312. The van der Waals surface area contributed by atoms with Crippen molar-refractivity contribution in [2.24, 2.45) is 17.8 Å². The fraction of sp³-hybridized carbons (Fsp3) is 0.846. The third kappa shape index (κ3) is 2.79. The Morgan fingerprint density at radius 3 is 2.24 bits per heavy atom. The lowest BCUT2D eigenvalue weighted by Gasteiger charge is -2.36. The first-order chi connectivity index (χ1) is 8.13. The zero-order valence-electron chi connectivity index (χ0n) is 10.4. The predicted octanol–water partition coefficient (Wildman–Crippen LogP) is 1.75. The molecular formula is C13H21NO3. The molecule has 0 heterocycles. The molecule has 1 N–H and O–H groups in total. The van der Waals surface area contributed by atoms with Crippen molar-refractivity contribution in [3.63, 3.8) is 0 Å². The van der Waals surface area contributed by atoms with E-state index in [0.717, 1.165) is 25.9 Å². The normalized spacial score (nSPS) is 27.4. The van der Waals surface area contributed by atoms with E-state index in [2.05, 4.69) is 6.92 Å². The van der Waals surface area contributed by atoms with Gasteiger partial charge in [0, 0.05) is 13.1 Å². The van der Waals surface area contributed by atoms with Gasteiger partial charge in [-0.2, -0.15) is 0 Å². The van der Waals surface area contributed by atoms with Crippen molar-refractivity contribution < 1.29 is 14.7 Å².